The molecule has 0 aliphatic carbocycles. The second kappa shape index (κ2) is 7.04. The highest BCUT2D eigenvalue weighted by atomic mass is 35.5. The zero-order valence-corrected chi connectivity index (χ0v) is 11.6. The van der Waals surface area contributed by atoms with Crippen molar-refractivity contribution < 1.29 is 14.2 Å². The van der Waals surface area contributed by atoms with Crippen LogP contribution < -0.4 is 0 Å². The first-order valence-electron chi connectivity index (χ1n) is 5.78. The van der Waals surface area contributed by atoms with Gasteiger partial charge >= 0.3 is 0 Å². The minimum atomic E-state index is -0.543. The van der Waals surface area contributed by atoms with E-state index in [1.165, 1.54) is 6.07 Å². The summed E-state index contributed by atoms with van der Waals surface area (Å²) in [4.78, 5) is 1.97. The molecule has 0 aliphatic rings. The molecule has 0 heterocycles. The summed E-state index contributed by atoms with van der Waals surface area (Å²) in [6.45, 7) is 2.74. The number of hydrogen-bond donors (Lipinski definition) is 1. The number of halogens is 2. The number of aliphatic hydroxyl groups is 1. The van der Waals surface area contributed by atoms with E-state index in [-0.39, 0.29) is 11.1 Å². The minimum Gasteiger partial charge on any atom is -0.389 e. The van der Waals surface area contributed by atoms with Crippen molar-refractivity contribution in [3.05, 3.63) is 34.6 Å². The maximum absolute atomic E-state index is 13.1. The first-order chi connectivity index (χ1) is 8.45. The SMILES string of the molecule is COCC(O)CN(C)C(C)c1ccc(F)c(Cl)c1. The number of rotatable bonds is 6. The van der Waals surface area contributed by atoms with Gasteiger partial charge in [0.1, 0.15) is 5.82 Å². The summed E-state index contributed by atoms with van der Waals surface area (Å²) in [5, 5.41) is 9.78. The summed E-state index contributed by atoms with van der Waals surface area (Å²) in [5.41, 5.74) is 0.911. The zero-order chi connectivity index (χ0) is 13.7. The van der Waals surface area contributed by atoms with Crippen molar-refractivity contribution in [3.63, 3.8) is 0 Å². The molecule has 1 N–H and O–H groups in total. The fourth-order valence-electron chi connectivity index (χ4n) is 1.76. The molecule has 5 heteroatoms. The van der Waals surface area contributed by atoms with Crippen molar-refractivity contribution in [2.24, 2.45) is 0 Å². The summed E-state index contributed by atoms with van der Waals surface area (Å²) in [6, 6.07) is 4.70. The van der Waals surface area contributed by atoms with Crippen LogP contribution in [0.25, 0.3) is 0 Å². The third-order valence-corrected chi connectivity index (χ3v) is 3.23. The van der Waals surface area contributed by atoms with Crippen molar-refractivity contribution in [2.45, 2.75) is 19.1 Å². The van der Waals surface area contributed by atoms with Crippen LogP contribution >= 0.6 is 11.6 Å². The molecule has 3 nitrogen and oxygen atoms in total. The van der Waals surface area contributed by atoms with E-state index in [4.69, 9.17) is 16.3 Å². The largest absolute Gasteiger partial charge is 0.389 e. The van der Waals surface area contributed by atoms with Gasteiger partial charge in [-0.25, -0.2) is 4.39 Å². The fraction of sp³-hybridized carbons (Fsp3) is 0.538. The van der Waals surface area contributed by atoms with Crippen LogP contribution in [0.5, 0.6) is 0 Å². The fourth-order valence-corrected chi connectivity index (χ4v) is 1.95. The highest BCUT2D eigenvalue weighted by molar-refractivity contribution is 6.30. The van der Waals surface area contributed by atoms with Crippen LogP contribution in [0.3, 0.4) is 0 Å². The van der Waals surface area contributed by atoms with E-state index >= 15 is 0 Å². The summed E-state index contributed by atoms with van der Waals surface area (Å²) >= 11 is 5.76. The Morgan fingerprint density at radius 2 is 2.17 bits per heavy atom. The van der Waals surface area contributed by atoms with Crippen molar-refractivity contribution >= 4 is 11.6 Å². The third-order valence-electron chi connectivity index (χ3n) is 2.95. The van der Waals surface area contributed by atoms with Crippen molar-refractivity contribution in [1.82, 2.24) is 4.90 Å². The zero-order valence-electron chi connectivity index (χ0n) is 10.9. The van der Waals surface area contributed by atoms with Crippen LogP contribution in [0.1, 0.15) is 18.5 Å². The Kier molecular flexibility index (Phi) is 6.02. The maximum atomic E-state index is 13.1. The van der Waals surface area contributed by atoms with E-state index in [9.17, 15) is 9.50 Å². The van der Waals surface area contributed by atoms with Gasteiger partial charge in [0.15, 0.2) is 0 Å². The maximum Gasteiger partial charge on any atom is 0.141 e. The van der Waals surface area contributed by atoms with Crippen molar-refractivity contribution in [3.8, 4) is 0 Å². The van der Waals surface area contributed by atoms with Crippen LogP contribution in [-0.4, -0.2) is 43.4 Å². The highest BCUT2D eigenvalue weighted by Gasteiger charge is 2.16. The number of hydrogen-bond acceptors (Lipinski definition) is 3. The van der Waals surface area contributed by atoms with E-state index in [0.29, 0.717) is 13.2 Å². The molecule has 1 rings (SSSR count). The minimum absolute atomic E-state index is 0.0367. The number of ether oxygens (including phenoxy) is 1. The van der Waals surface area contributed by atoms with E-state index in [1.807, 2.05) is 18.9 Å². The molecule has 0 spiro atoms. The lowest BCUT2D eigenvalue weighted by molar-refractivity contribution is 0.0357. The molecule has 102 valence electrons. The Morgan fingerprint density at radius 1 is 1.50 bits per heavy atom. The lowest BCUT2D eigenvalue weighted by atomic mass is 10.1. The van der Waals surface area contributed by atoms with Gasteiger partial charge < -0.3 is 9.84 Å². The average molecular weight is 276 g/mol. The van der Waals surface area contributed by atoms with Gasteiger partial charge in [-0.1, -0.05) is 17.7 Å². The van der Waals surface area contributed by atoms with Crippen LogP contribution in [0.4, 0.5) is 4.39 Å². The lowest BCUT2D eigenvalue weighted by Crippen LogP contribution is -2.33. The monoisotopic (exact) mass is 275 g/mol. The number of benzene rings is 1. The Labute approximate surface area is 112 Å². The summed E-state index contributed by atoms with van der Waals surface area (Å²) in [5.74, 6) is -0.422. The first kappa shape index (κ1) is 15.4. The quantitative estimate of drug-likeness (QED) is 0.866. The highest BCUT2D eigenvalue weighted by Crippen LogP contribution is 2.24. The van der Waals surface area contributed by atoms with Crippen LogP contribution in [0.15, 0.2) is 18.2 Å². The number of likely N-dealkylation sites (N-methyl/N-ethyl adjacent to an activating group) is 1. The summed E-state index contributed by atoms with van der Waals surface area (Å²) in [6.07, 6.45) is -0.543. The predicted molar refractivity (Wildman–Crippen MR) is 70.3 cm³/mol. The molecule has 0 aromatic heterocycles. The van der Waals surface area contributed by atoms with Crippen LogP contribution in [0, 0.1) is 5.82 Å². The molecular formula is C13H19ClFNO2. The molecule has 18 heavy (non-hydrogen) atoms. The Balaban J connectivity index is 2.67. The van der Waals surface area contributed by atoms with Gasteiger partial charge in [-0.05, 0) is 31.7 Å². The molecule has 0 fully saturated rings. The number of aliphatic hydroxyl groups excluding tert-OH is 1. The van der Waals surface area contributed by atoms with E-state index in [0.717, 1.165) is 5.56 Å². The first-order valence-corrected chi connectivity index (χ1v) is 6.15. The van der Waals surface area contributed by atoms with Crippen LogP contribution in [-0.2, 0) is 4.74 Å². The van der Waals surface area contributed by atoms with Crippen LogP contribution in [0.2, 0.25) is 5.02 Å². The average Bonchev–Trinajstić information content (AvgIpc) is 2.32. The summed E-state index contributed by atoms with van der Waals surface area (Å²) < 4.78 is 17.9. The Bertz CT molecular complexity index is 389. The molecule has 2 atom stereocenters. The molecule has 2 unspecified atom stereocenters. The smallest absolute Gasteiger partial charge is 0.141 e. The van der Waals surface area contributed by atoms with Gasteiger partial charge in [0, 0.05) is 19.7 Å². The number of methoxy groups -OCH3 is 1. The molecular weight excluding hydrogens is 257 g/mol. The predicted octanol–water partition coefficient (Wildman–Crippen LogP) is 2.48. The molecule has 0 saturated carbocycles. The van der Waals surface area contributed by atoms with Gasteiger partial charge in [0.2, 0.25) is 0 Å². The Hall–Kier alpha value is -0.680. The van der Waals surface area contributed by atoms with Gasteiger partial charge in [0.25, 0.3) is 0 Å². The van der Waals surface area contributed by atoms with Gasteiger partial charge in [-0.2, -0.15) is 0 Å². The van der Waals surface area contributed by atoms with E-state index in [2.05, 4.69) is 0 Å². The van der Waals surface area contributed by atoms with E-state index in [1.54, 1.807) is 19.2 Å². The second-order valence-corrected chi connectivity index (χ2v) is 4.81. The third kappa shape index (κ3) is 4.21. The van der Waals surface area contributed by atoms with Gasteiger partial charge in [0.05, 0.1) is 17.7 Å². The second-order valence-electron chi connectivity index (χ2n) is 4.40. The molecule has 0 amide bonds. The molecule has 0 bridgehead atoms. The molecule has 1 aromatic carbocycles. The van der Waals surface area contributed by atoms with Gasteiger partial charge in [-0.15, -0.1) is 0 Å². The number of nitrogens with zero attached hydrogens (tertiary/aromatic N) is 1. The normalized spacial score (nSPS) is 14.8. The molecule has 0 aliphatic heterocycles. The van der Waals surface area contributed by atoms with E-state index < -0.39 is 11.9 Å². The molecule has 0 radical (unpaired) electrons. The topological polar surface area (TPSA) is 32.7 Å². The molecule has 1 aromatic rings. The standard InChI is InChI=1S/C13H19ClFNO2/c1-9(16(2)7-11(17)8-18-3)10-4-5-13(15)12(14)6-10/h4-6,9,11,17H,7-8H2,1-3H3. The lowest BCUT2D eigenvalue weighted by Gasteiger charge is -2.27. The van der Waals surface area contributed by atoms with Crippen molar-refractivity contribution in [2.75, 3.05) is 27.3 Å². The van der Waals surface area contributed by atoms with Gasteiger partial charge in [-0.3, -0.25) is 4.90 Å². The van der Waals surface area contributed by atoms with Crippen molar-refractivity contribution in [1.29, 1.82) is 0 Å². The Morgan fingerprint density at radius 3 is 2.72 bits per heavy atom. The summed E-state index contributed by atoms with van der Waals surface area (Å²) in [7, 11) is 3.44. The molecule has 0 saturated heterocycles.